The van der Waals surface area contributed by atoms with Gasteiger partial charge in [0.05, 0.1) is 5.60 Å². The van der Waals surface area contributed by atoms with E-state index < -0.39 is 11.0 Å². The molecular weight excluding hydrogens is 388 g/mol. The van der Waals surface area contributed by atoms with Gasteiger partial charge in [-0.15, -0.1) is 0 Å². The second-order valence-electron chi connectivity index (χ2n) is 9.41. The fourth-order valence-corrected chi connectivity index (χ4v) is 4.91. The molecule has 1 saturated carbocycles. The van der Waals surface area contributed by atoms with Gasteiger partial charge in [0, 0.05) is 41.9 Å². The van der Waals surface area contributed by atoms with Crippen molar-refractivity contribution in [3.05, 3.63) is 34.9 Å². The molecule has 1 aromatic rings. The van der Waals surface area contributed by atoms with Crippen LogP contribution in [-0.4, -0.2) is 41.0 Å². The Morgan fingerprint density at radius 3 is 2.45 bits per heavy atom. The van der Waals surface area contributed by atoms with E-state index in [1.165, 1.54) is 0 Å². The Morgan fingerprint density at radius 2 is 1.86 bits per heavy atom. The third kappa shape index (κ3) is 4.77. The number of hydrogen-bond acceptors (Lipinski definition) is 3. The zero-order valence-electron chi connectivity index (χ0n) is 17.7. The first-order valence-corrected chi connectivity index (χ1v) is 11.1. The van der Waals surface area contributed by atoms with Gasteiger partial charge in [-0.05, 0) is 43.9 Å². The first-order chi connectivity index (χ1) is 13.6. The lowest BCUT2D eigenvalue weighted by Crippen LogP contribution is -2.57. The van der Waals surface area contributed by atoms with Gasteiger partial charge in [0.15, 0.2) is 0 Å². The highest BCUT2D eigenvalue weighted by atomic mass is 35.5. The lowest BCUT2D eigenvalue weighted by atomic mass is 9.66. The summed E-state index contributed by atoms with van der Waals surface area (Å²) in [6.07, 6.45) is 4.89. The molecule has 0 aromatic heterocycles. The highest BCUT2D eigenvalue weighted by molar-refractivity contribution is 6.30. The fourth-order valence-electron chi connectivity index (χ4n) is 4.79. The van der Waals surface area contributed by atoms with E-state index in [0.717, 1.165) is 31.2 Å². The molecule has 160 valence electrons. The van der Waals surface area contributed by atoms with Crippen molar-refractivity contribution in [1.29, 1.82) is 0 Å². The van der Waals surface area contributed by atoms with E-state index in [0.29, 0.717) is 24.5 Å². The summed E-state index contributed by atoms with van der Waals surface area (Å²) in [6, 6.07) is 7.12. The van der Waals surface area contributed by atoms with Crippen LogP contribution in [0.5, 0.6) is 0 Å². The van der Waals surface area contributed by atoms with Crippen LogP contribution in [0.4, 0.5) is 0 Å². The van der Waals surface area contributed by atoms with Gasteiger partial charge in [-0.2, -0.15) is 0 Å². The largest absolute Gasteiger partial charge is 0.384 e. The standard InChI is InChI=1S/C23H33ClN2O3/c1-16(25-21(28)17-6-4-5-7-17)14-20(27)26-13-12-23(29,22(2,3)15-26)18-8-10-19(24)11-9-18/h8-11,16-17,29H,4-7,12-15H2,1-3H3,(H,25,28)/t16?,23-/m1/s1. The minimum atomic E-state index is -1.02. The van der Waals surface area contributed by atoms with E-state index in [1.807, 2.05) is 37.8 Å². The number of carbonyl (C=O) groups excluding carboxylic acids is 2. The summed E-state index contributed by atoms with van der Waals surface area (Å²) in [6.45, 7) is 6.83. The molecule has 2 atom stereocenters. The number of nitrogens with one attached hydrogen (secondary N) is 1. The number of halogens is 1. The molecule has 2 aliphatic rings. The number of hydrogen-bond donors (Lipinski definition) is 2. The molecule has 1 aliphatic heterocycles. The molecular formula is C23H33ClN2O3. The Balaban J connectivity index is 1.59. The molecule has 2 fully saturated rings. The average molecular weight is 421 g/mol. The molecule has 0 radical (unpaired) electrons. The summed E-state index contributed by atoms with van der Waals surface area (Å²) in [5.41, 5.74) is -0.696. The molecule has 1 aromatic carbocycles. The van der Waals surface area contributed by atoms with Gasteiger partial charge in [-0.25, -0.2) is 0 Å². The van der Waals surface area contributed by atoms with E-state index in [1.54, 1.807) is 12.1 Å². The Kier molecular flexibility index (Phi) is 6.59. The van der Waals surface area contributed by atoms with Crippen LogP contribution < -0.4 is 5.32 Å². The maximum atomic E-state index is 12.9. The third-order valence-electron chi connectivity index (χ3n) is 6.72. The van der Waals surface area contributed by atoms with Crippen LogP contribution in [0.25, 0.3) is 0 Å². The van der Waals surface area contributed by atoms with Crippen LogP contribution in [0, 0.1) is 11.3 Å². The van der Waals surface area contributed by atoms with Crippen LogP contribution in [-0.2, 0) is 15.2 Å². The molecule has 1 saturated heterocycles. The van der Waals surface area contributed by atoms with Gasteiger partial charge in [0.25, 0.3) is 0 Å². The maximum absolute atomic E-state index is 12.9. The summed E-state index contributed by atoms with van der Waals surface area (Å²) in [5, 5.41) is 15.1. The SMILES string of the molecule is CC(CC(=O)N1CC[C@@](O)(c2ccc(Cl)cc2)C(C)(C)C1)NC(=O)C1CCCC1. The second kappa shape index (κ2) is 8.65. The molecule has 0 spiro atoms. The van der Waals surface area contributed by atoms with Crippen molar-refractivity contribution in [3.63, 3.8) is 0 Å². The third-order valence-corrected chi connectivity index (χ3v) is 6.97. The van der Waals surface area contributed by atoms with Crippen LogP contribution in [0.1, 0.15) is 64.9 Å². The highest BCUT2D eigenvalue weighted by Crippen LogP contribution is 2.46. The van der Waals surface area contributed by atoms with E-state index in [4.69, 9.17) is 11.6 Å². The number of likely N-dealkylation sites (tertiary alicyclic amines) is 1. The molecule has 1 unspecified atom stereocenters. The van der Waals surface area contributed by atoms with Crippen molar-refractivity contribution in [3.8, 4) is 0 Å². The quantitative estimate of drug-likeness (QED) is 0.759. The van der Waals surface area contributed by atoms with Gasteiger partial charge in [-0.1, -0.05) is 50.4 Å². The first kappa shape index (κ1) is 22.1. The number of amides is 2. The summed E-state index contributed by atoms with van der Waals surface area (Å²) in [7, 11) is 0. The number of nitrogens with zero attached hydrogens (tertiary/aromatic N) is 1. The number of benzene rings is 1. The van der Waals surface area contributed by atoms with Gasteiger partial charge in [-0.3, -0.25) is 9.59 Å². The maximum Gasteiger partial charge on any atom is 0.224 e. The molecule has 6 heteroatoms. The topological polar surface area (TPSA) is 69.6 Å². The molecule has 2 amide bonds. The Labute approximate surface area is 178 Å². The number of carbonyl (C=O) groups is 2. The normalized spacial score (nSPS) is 25.6. The summed E-state index contributed by atoms with van der Waals surface area (Å²) < 4.78 is 0. The average Bonchev–Trinajstić information content (AvgIpc) is 3.19. The lowest BCUT2D eigenvalue weighted by Gasteiger charge is -2.50. The monoisotopic (exact) mass is 420 g/mol. The summed E-state index contributed by atoms with van der Waals surface area (Å²) in [5.74, 6) is 0.213. The molecule has 0 bridgehead atoms. The fraction of sp³-hybridized carbons (Fsp3) is 0.652. The van der Waals surface area contributed by atoms with Gasteiger partial charge >= 0.3 is 0 Å². The van der Waals surface area contributed by atoms with E-state index in [9.17, 15) is 14.7 Å². The van der Waals surface area contributed by atoms with Crippen molar-refractivity contribution < 1.29 is 14.7 Å². The van der Waals surface area contributed by atoms with Crippen LogP contribution >= 0.6 is 11.6 Å². The van der Waals surface area contributed by atoms with Crippen molar-refractivity contribution in [2.24, 2.45) is 11.3 Å². The molecule has 2 N–H and O–H groups in total. The molecule has 5 nitrogen and oxygen atoms in total. The van der Waals surface area contributed by atoms with Gasteiger partial charge in [0.2, 0.25) is 11.8 Å². The zero-order chi connectivity index (χ0) is 21.2. The molecule has 29 heavy (non-hydrogen) atoms. The van der Waals surface area contributed by atoms with Gasteiger partial charge in [0.1, 0.15) is 0 Å². The van der Waals surface area contributed by atoms with E-state index >= 15 is 0 Å². The predicted octanol–water partition coefficient (Wildman–Crippen LogP) is 3.87. The van der Waals surface area contributed by atoms with Crippen LogP contribution in [0.15, 0.2) is 24.3 Å². The molecule has 3 rings (SSSR count). The van der Waals surface area contributed by atoms with E-state index in [2.05, 4.69) is 5.32 Å². The minimum Gasteiger partial charge on any atom is -0.384 e. The lowest BCUT2D eigenvalue weighted by molar-refractivity contribution is -0.153. The van der Waals surface area contributed by atoms with Crippen molar-refractivity contribution in [2.45, 2.75) is 70.9 Å². The Morgan fingerprint density at radius 1 is 1.24 bits per heavy atom. The highest BCUT2D eigenvalue weighted by Gasteiger charge is 2.49. The smallest absolute Gasteiger partial charge is 0.224 e. The molecule has 1 heterocycles. The van der Waals surface area contributed by atoms with Crippen molar-refractivity contribution in [2.75, 3.05) is 13.1 Å². The number of rotatable bonds is 5. The van der Waals surface area contributed by atoms with E-state index in [-0.39, 0.29) is 30.2 Å². The molecule has 1 aliphatic carbocycles. The number of piperidine rings is 1. The summed E-state index contributed by atoms with van der Waals surface area (Å²) in [4.78, 5) is 27.0. The first-order valence-electron chi connectivity index (χ1n) is 10.7. The second-order valence-corrected chi connectivity index (χ2v) is 9.85. The van der Waals surface area contributed by atoms with Crippen LogP contribution in [0.2, 0.25) is 5.02 Å². The summed E-state index contributed by atoms with van der Waals surface area (Å²) >= 11 is 5.99. The van der Waals surface area contributed by atoms with Crippen LogP contribution in [0.3, 0.4) is 0 Å². The predicted molar refractivity (Wildman–Crippen MR) is 115 cm³/mol. The Hall–Kier alpha value is -1.59. The van der Waals surface area contributed by atoms with Crippen molar-refractivity contribution >= 4 is 23.4 Å². The number of aliphatic hydroxyl groups is 1. The zero-order valence-corrected chi connectivity index (χ0v) is 18.5. The van der Waals surface area contributed by atoms with Crippen molar-refractivity contribution in [1.82, 2.24) is 10.2 Å². The Bertz CT molecular complexity index is 743. The van der Waals surface area contributed by atoms with Gasteiger partial charge < -0.3 is 15.3 Å². The minimum absolute atomic E-state index is 0.0236.